The van der Waals surface area contributed by atoms with E-state index >= 15 is 0 Å². The van der Waals surface area contributed by atoms with Crippen LogP contribution in [0.2, 0.25) is 0 Å². The second kappa shape index (κ2) is 5.77. The van der Waals surface area contributed by atoms with Crippen molar-refractivity contribution in [2.75, 3.05) is 33.8 Å². The lowest BCUT2D eigenvalue weighted by molar-refractivity contribution is -0.0371. The quantitative estimate of drug-likeness (QED) is 0.856. The van der Waals surface area contributed by atoms with Crippen LogP contribution in [-0.2, 0) is 11.2 Å². The van der Waals surface area contributed by atoms with E-state index in [-0.39, 0.29) is 0 Å². The van der Waals surface area contributed by atoms with Crippen LogP contribution in [0.25, 0.3) is 0 Å². The molecular weight excluding hydrogens is 220 g/mol. The minimum atomic E-state index is 0.309. The number of morpholine rings is 1. The minimum absolute atomic E-state index is 0.309. The summed E-state index contributed by atoms with van der Waals surface area (Å²) in [7, 11) is 4.18. The van der Waals surface area contributed by atoms with Crippen LogP contribution in [0.5, 0.6) is 0 Å². The lowest BCUT2D eigenvalue weighted by atomic mass is 10.0. The Morgan fingerprint density at radius 1 is 1.69 bits per heavy atom. The number of likely N-dealkylation sites (N-methyl/N-ethyl adjacent to an activating group) is 2. The summed E-state index contributed by atoms with van der Waals surface area (Å²) < 4.78 is 5.85. The molecule has 0 aliphatic carbocycles. The summed E-state index contributed by atoms with van der Waals surface area (Å²) >= 11 is 1.76. The molecule has 1 saturated heterocycles. The van der Waals surface area contributed by atoms with Gasteiger partial charge in [0.1, 0.15) is 0 Å². The van der Waals surface area contributed by atoms with Gasteiger partial charge in [-0.2, -0.15) is 11.3 Å². The first kappa shape index (κ1) is 12.0. The van der Waals surface area contributed by atoms with Crippen molar-refractivity contribution in [3.8, 4) is 0 Å². The third-order valence-electron chi connectivity index (χ3n) is 3.15. The van der Waals surface area contributed by atoms with Crippen LogP contribution in [0, 0.1) is 0 Å². The highest BCUT2D eigenvalue weighted by molar-refractivity contribution is 7.07. The third kappa shape index (κ3) is 3.04. The van der Waals surface area contributed by atoms with Gasteiger partial charge >= 0.3 is 0 Å². The molecule has 1 N–H and O–H groups in total. The van der Waals surface area contributed by atoms with Crippen LogP contribution in [0.4, 0.5) is 0 Å². The zero-order valence-electron chi connectivity index (χ0n) is 9.98. The summed E-state index contributed by atoms with van der Waals surface area (Å²) in [6.07, 6.45) is 1.36. The van der Waals surface area contributed by atoms with Crippen molar-refractivity contribution in [1.29, 1.82) is 0 Å². The van der Waals surface area contributed by atoms with Gasteiger partial charge in [0, 0.05) is 19.1 Å². The van der Waals surface area contributed by atoms with E-state index in [2.05, 4.69) is 34.1 Å². The first-order valence-corrected chi connectivity index (χ1v) is 6.72. The van der Waals surface area contributed by atoms with Crippen molar-refractivity contribution in [2.24, 2.45) is 0 Å². The Morgan fingerprint density at radius 3 is 3.19 bits per heavy atom. The monoisotopic (exact) mass is 240 g/mol. The van der Waals surface area contributed by atoms with Crippen molar-refractivity contribution in [2.45, 2.75) is 18.6 Å². The highest BCUT2D eigenvalue weighted by Gasteiger charge is 2.25. The maximum absolute atomic E-state index is 5.85. The maximum atomic E-state index is 5.85. The molecule has 0 bridgehead atoms. The van der Waals surface area contributed by atoms with E-state index in [0.29, 0.717) is 12.1 Å². The van der Waals surface area contributed by atoms with E-state index in [9.17, 15) is 0 Å². The Balaban J connectivity index is 1.93. The molecule has 3 nitrogen and oxygen atoms in total. The minimum Gasteiger partial charge on any atom is -0.374 e. The summed E-state index contributed by atoms with van der Waals surface area (Å²) in [4.78, 5) is 2.34. The van der Waals surface area contributed by atoms with Crippen LogP contribution in [-0.4, -0.2) is 50.8 Å². The summed E-state index contributed by atoms with van der Waals surface area (Å²) in [6.45, 7) is 2.92. The molecule has 1 aromatic rings. The fourth-order valence-corrected chi connectivity index (χ4v) is 2.82. The second-order valence-corrected chi connectivity index (χ2v) is 5.18. The molecule has 0 amide bonds. The van der Waals surface area contributed by atoms with Gasteiger partial charge in [-0.15, -0.1) is 0 Å². The van der Waals surface area contributed by atoms with Gasteiger partial charge in [0.05, 0.1) is 12.7 Å². The van der Waals surface area contributed by atoms with E-state index in [0.717, 1.165) is 26.1 Å². The van der Waals surface area contributed by atoms with Crippen molar-refractivity contribution < 1.29 is 4.74 Å². The molecule has 0 saturated carbocycles. The smallest absolute Gasteiger partial charge is 0.0858 e. The predicted octanol–water partition coefficient (Wildman–Crippen LogP) is 1.21. The number of nitrogens with one attached hydrogen (secondary N) is 1. The fraction of sp³-hybridized carbons (Fsp3) is 0.667. The number of rotatable bonds is 4. The Labute approximate surface area is 101 Å². The van der Waals surface area contributed by atoms with Gasteiger partial charge in [-0.1, -0.05) is 0 Å². The Hall–Kier alpha value is -0.420. The molecule has 16 heavy (non-hydrogen) atoms. The van der Waals surface area contributed by atoms with Gasteiger partial charge in [0.25, 0.3) is 0 Å². The van der Waals surface area contributed by atoms with Crippen LogP contribution in [0.1, 0.15) is 5.56 Å². The number of ether oxygens (including phenoxy) is 1. The van der Waals surface area contributed by atoms with E-state index < -0.39 is 0 Å². The molecular formula is C12H20N2OS. The van der Waals surface area contributed by atoms with Crippen molar-refractivity contribution >= 4 is 11.3 Å². The van der Waals surface area contributed by atoms with Gasteiger partial charge in [0.2, 0.25) is 0 Å². The van der Waals surface area contributed by atoms with Crippen molar-refractivity contribution in [3.63, 3.8) is 0 Å². The molecule has 2 heterocycles. The fourth-order valence-electron chi connectivity index (χ4n) is 2.14. The third-order valence-corrected chi connectivity index (χ3v) is 3.88. The maximum Gasteiger partial charge on any atom is 0.0858 e. The molecule has 0 aromatic carbocycles. The Bertz CT molecular complexity index is 302. The molecule has 4 heteroatoms. The van der Waals surface area contributed by atoms with Crippen molar-refractivity contribution in [3.05, 3.63) is 22.4 Å². The summed E-state index contributed by atoms with van der Waals surface area (Å²) in [6, 6.07) is 2.61. The highest BCUT2D eigenvalue weighted by atomic mass is 32.1. The molecule has 2 atom stereocenters. The topological polar surface area (TPSA) is 24.5 Å². The molecule has 0 spiro atoms. The van der Waals surface area contributed by atoms with E-state index in [1.165, 1.54) is 5.56 Å². The molecule has 2 rings (SSSR count). The average Bonchev–Trinajstić information content (AvgIpc) is 2.78. The number of hydrogen-bond acceptors (Lipinski definition) is 4. The summed E-state index contributed by atoms with van der Waals surface area (Å²) in [5.41, 5.74) is 1.40. The molecule has 1 aliphatic rings. The summed E-state index contributed by atoms with van der Waals surface area (Å²) in [5.74, 6) is 0. The van der Waals surface area contributed by atoms with Crippen LogP contribution >= 0.6 is 11.3 Å². The molecule has 0 radical (unpaired) electrons. The van der Waals surface area contributed by atoms with Gasteiger partial charge < -0.3 is 15.0 Å². The highest BCUT2D eigenvalue weighted by Crippen LogP contribution is 2.14. The van der Waals surface area contributed by atoms with E-state index in [1.807, 2.05) is 7.05 Å². The number of hydrogen-bond donors (Lipinski definition) is 1. The van der Waals surface area contributed by atoms with Gasteiger partial charge in [-0.05, 0) is 42.9 Å². The van der Waals surface area contributed by atoms with Gasteiger partial charge in [-0.3, -0.25) is 0 Å². The van der Waals surface area contributed by atoms with Crippen LogP contribution in [0.15, 0.2) is 16.8 Å². The van der Waals surface area contributed by atoms with E-state index in [4.69, 9.17) is 4.74 Å². The van der Waals surface area contributed by atoms with Crippen LogP contribution in [0.3, 0.4) is 0 Å². The predicted molar refractivity (Wildman–Crippen MR) is 68.1 cm³/mol. The van der Waals surface area contributed by atoms with Crippen LogP contribution < -0.4 is 5.32 Å². The van der Waals surface area contributed by atoms with Crippen molar-refractivity contribution in [1.82, 2.24) is 10.2 Å². The largest absolute Gasteiger partial charge is 0.374 e. The zero-order valence-corrected chi connectivity index (χ0v) is 10.8. The SMILES string of the molecule is CNC(Cc1ccsc1)C1CN(C)CCO1. The molecule has 2 unspecified atom stereocenters. The number of thiophene rings is 1. The van der Waals surface area contributed by atoms with E-state index in [1.54, 1.807) is 11.3 Å². The molecule has 1 aliphatic heterocycles. The molecule has 1 aromatic heterocycles. The summed E-state index contributed by atoms with van der Waals surface area (Å²) in [5, 5.41) is 7.74. The first-order chi connectivity index (χ1) is 7.79. The Morgan fingerprint density at radius 2 is 2.56 bits per heavy atom. The number of nitrogens with zero attached hydrogens (tertiary/aromatic N) is 1. The van der Waals surface area contributed by atoms with Gasteiger partial charge in [0.15, 0.2) is 0 Å². The molecule has 90 valence electrons. The zero-order chi connectivity index (χ0) is 11.4. The molecule has 1 fully saturated rings. The lowest BCUT2D eigenvalue weighted by Crippen LogP contribution is -2.51. The second-order valence-electron chi connectivity index (χ2n) is 4.40. The normalized spacial score (nSPS) is 24.5. The standard InChI is InChI=1S/C12H20N2OS/c1-13-11(7-10-3-6-16-9-10)12-8-14(2)4-5-15-12/h3,6,9,11-13H,4-5,7-8H2,1-2H3. The lowest BCUT2D eigenvalue weighted by Gasteiger charge is -2.35. The Kier molecular flexibility index (Phi) is 4.35. The van der Waals surface area contributed by atoms with Gasteiger partial charge in [-0.25, -0.2) is 0 Å². The average molecular weight is 240 g/mol. The first-order valence-electron chi connectivity index (χ1n) is 5.78.